The molecule has 2 aromatic carbocycles. The van der Waals surface area contributed by atoms with Crippen LogP contribution in [0.5, 0.6) is 0 Å². The fourth-order valence-electron chi connectivity index (χ4n) is 3.24. The molecule has 0 aliphatic carbocycles. The average Bonchev–Trinajstić information content (AvgIpc) is 2.64. The van der Waals surface area contributed by atoms with E-state index in [1.807, 2.05) is 6.07 Å². The van der Waals surface area contributed by atoms with Crippen LogP contribution in [0.1, 0.15) is 61.8 Å². The Kier molecular flexibility index (Phi) is 7.23. The highest BCUT2D eigenvalue weighted by molar-refractivity contribution is 5.67. The van der Waals surface area contributed by atoms with Crippen molar-refractivity contribution >= 4 is 23.5 Å². The molecule has 0 radical (unpaired) electrons. The van der Waals surface area contributed by atoms with Gasteiger partial charge in [-0.15, -0.1) is 0 Å². The molecule has 0 bridgehead atoms. The quantitative estimate of drug-likeness (QED) is 0.455. The van der Waals surface area contributed by atoms with Crippen molar-refractivity contribution in [2.45, 2.75) is 52.4 Å². The molecule has 134 valence electrons. The van der Waals surface area contributed by atoms with Gasteiger partial charge in [0.1, 0.15) is 0 Å². The van der Waals surface area contributed by atoms with Crippen molar-refractivity contribution in [1.29, 1.82) is 0 Å². The predicted molar refractivity (Wildman–Crippen MR) is 104 cm³/mol. The van der Waals surface area contributed by atoms with E-state index >= 15 is 0 Å². The number of rotatable bonds is 8. The van der Waals surface area contributed by atoms with Crippen molar-refractivity contribution in [1.82, 2.24) is 0 Å². The third-order valence-corrected chi connectivity index (χ3v) is 4.54. The maximum atomic E-state index is 10.9. The second-order valence-electron chi connectivity index (χ2n) is 6.41. The van der Waals surface area contributed by atoms with Gasteiger partial charge in [-0.3, -0.25) is 0 Å². The van der Waals surface area contributed by atoms with E-state index in [4.69, 9.17) is 0 Å². The van der Waals surface area contributed by atoms with Crippen molar-refractivity contribution in [3.63, 3.8) is 0 Å². The first-order valence-electron chi connectivity index (χ1n) is 9.05. The first kappa shape index (κ1) is 19.5. The highest BCUT2D eigenvalue weighted by Gasteiger charge is 2.17. The molecule has 2 aromatic rings. The molecule has 4 heteroatoms. The SMILES string of the molecule is CCCc1cccc(C(C)c2cc(CCC)c(N=C=O)cc2N=C=O)c1. The van der Waals surface area contributed by atoms with Gasteiger partial charge in [0.2, 0.25) is 12.2 Å². The van der Waals surface area contributed by atoms with Gasteiger partial charge in [-0.1, -0.05) is 63.9 Å². The predicted octanol–water partition coefficient (Wildman–Crippen LogP) is 5.68. The molecule has 4 nitrogen and oxygen atoms in total. The lowest BCUT2D eigenvalue weighted by Crippen LogP contribution is -2.00. The number of nitrogens with zero attached hydrogens (tertiary/aromatic N) is 2. The van der Waals surface area contributed by atoms with Crippen LogP contribution in [0, 0.1) is 0 Å². The molecule has 26 heavy (non-hydrogen) atoms. The Morgan fingerprint density at radius 3 is 2.27 bits per heavy atom. The Labute approximate surface area is 154 Å². The number of hydrogen-bond acceptors (Lipinski definition) is 4. The molecular weight excluding hydrogens is 324 g/mol. The van der Waals surface area contributed by atoms with E-state index in [2.05, 4.69) is 55.0 Å². The van der Waals surface area contributed by atoms with Gasteiger partial charge in [-0.25, -0.2) is 9.59 Å². The van der Waals surface area contributed by atoms with Crippen LogP contribution in [0.25, 0.3) is 0 Å². The minimum absolute atomic E-state index is 0.0590. The molecule has 0 amide bonds. The summed E-state index contributed by atoms with van der Waals surface area (Å²) in [4.78, 5) is 29.3. The van der Waals surface area contributed by atoms with Crippen LogP contribution in [0.2, 0.25) is 0 Å². The van der Waals surface area contributed by atoms with Crippen LogP contribution in [0.4, 0.5) is 11.4 Å². The van der Waals surface area contributed by atoms with E-state index in [-0.39, 0.29) is 5.92 Å². The third-order valence-electron chi connectivity index (χ3n) is 4.54. The van der Waals surface area contributed by atoms with E-state index in [0.717, 1.165) is 36.8 Å². The van der Waals surface area contributed by atoms with Crippen molar-refractivity contribution in [2.75, 3.05) is 0 Å². The fraction of sp³-hybridized carbons (Fsp3) is 0.364. The lowest BCUT2D eigenvalue weighted by atomic mass is 9.88. The van der Waals surface area contributed by atoms with Crippen LogP contribution in [0.3, 0.4) is 0 Å². The fourth-order valence-corrected chi connectivity index (χ4v) is 3.24. The zero-order chi connectivity index (χ0) is 18.9. The summed E-state index contributed by atoms with van der Waals surface area (Å²) >= 11 is 0. The van der Waals surface area contributed by atoms with E-state index < -0.39 is 0 Å². The zero-order valence-corrected chi connectivity index (χ0v) is 15.6. The van der Waals surface area contributed by atoms with E-state index in [1.165, 1.54) is 11.1 Å². The molecule has 1 unspecified atom stereocenters. The van der Waals surface area contributed by atoms with Gasteiger partial charge in [0, 0.05) is 5.92 Å². The van der Waals surface area contributed by atoms with E-state index in [0.29, 0.717) is 11.4 Å². The molecule has 0 spiro atoms. The van der Waals surface area contributed by atoms with Gasteiger partial charge >= 0.3 is 0 Å². The first-order chi connectivity index (χ1) is 12.6. The largest absolute Gasteiger partial charge is 0.240 e. The van der Waals surface area contributed by atoms with Crippen LogP contribution < -0.4 is 0 Å². The van der Waals surface area contributed by atoms with Crippen LogP contribution >= 0.6 is 0 Å². The smallest absolute Gasteiger partial charge is 0.211 e. The minimum Gasteiger partial charge on any atom is -0.211 e. The maximum absolute atomic E-state index is 10.9. The van der Waals surface area contributed by atoms with Gasteiger partial charge in [0.25, 0.3) is 0 Å². The summed E-state index contributed by atoms with van der Waals surface area (Å²) in [5.41, 5.74) is 5.40. The van der Waals surface area contributed by atoms with Gasteiger partial charge in [0.05, 0.1) is 11.4 Å². The molecule has 0 fully saturated rings. The topological polar surface area (TPSA) is 58.9 Å². The number of carbonyl (C=O) groups excluding carboxylic acids is 2. The normalized spacial score (nSPS) is 11.3. The summed E-state index contributed by atoms with van der Waals surface area (Å²) in [7, 11) is 0. The summed E-state index contributed by atoms with van der Waals surface area (Å²) in [5, 5.41) is 0. The highest BCUT2D eigenvalue weighted by Crippen LogP contribution is 2.37. The average molecular weight is 348 g/mol. The number of isocyanates is 2. The van der Waals surface area contributed by atoms with Gasteiger partial charge in [-0.05, 0) is 41.2 Å². The minimum atomic E-state index is 0.0590. The van der Waals surface area contributed by atoms with Crippen LogP contribution in [0.15, 0.2) is 46.4 Å². The Hall–Kier alpha value is -2.80. The molecule has 0 aliphatic heterocycles. The summed E-state index contributed by atoms with van der Waals surface area (Å²) < 4.78 is 0. The number of benzene rings is 2. The standard InChI is InChI=1S/C22H24N2O2/c1-4-7-17-9-6-10-18(11-17)16(3)20-12-19(8-5-2)21(23-14-25)13-22(20)24-15-26/h6,9-13,16H,4-5,7-8H2,1-3H3. The second-order valence-corrected chi connectivity index (χ2v) is 6.41. The lowest BCUT2D eigenvalue weighted by molar-refractivity contribution is 0.564. The monoisotopic (exact) mass is 348 g/mol. The molecule has 0 N–H and O–H groups in total. The Morgan fingerprint density at radius 1 is 0.923 bits per heavy atom. The van der Waals surface area contributed by atoms with Gasteiger partial charge in [-0.2, -0.15) is 9.98 Å². The molecule has 2 rings (SSSR count). The Balaban J connectivity index is 2.58. The second kappa shape index (κ2) is 9.62. The van der Waals surface area contributed by atoms with Gasteiger partial charge < -0.3 is 0 Å². The summed E-state index contributed by atoms with van der Waals surface area (Å²) in [6.45, 7) is 6.34. The lowest BCUT2D eigenvalue weighted by Gasteiger charge is -2.18. The van der Waals surface area contributed by atoms with Crippen LogP contribution in [-0.4, -0.2) is 12.2 Å². The highest BCUT2D eigenvalue weighted by atomic mass is 16.1. The van der Waals surface area contributed by atoms with Crippen molar-refractivity contribution in [3.05, 3.63) is 58.7 Å². The van der Waals surface area contributed by atoms with Crippen molar-refractivity contribution in [3.8, 4) is 0 Å². The Morgan fingerprint density at radius 2 is 1.62 bits per heavy atom. The molecule has 0 saturated heterocycles. The third kappa shape index (κ3) is 4.64. The number of hydrogen-bond donors (Lipinski definition) is 0. The molecule has 0 aromatic heterocycles. The van der Waals surface area contributed by atoms with Crippen molar-refractivity contribution in [2.24, 2.45) is 9.98 Å². The summed E-state index contributed by atoms with van der Waals surface area (Å²) in [5.74, 6) is 0.0590. The molecule has 0 saturated carbocycles. The van der Waals surface area contributed by atoms with E-state index in [1.54, 1.807) is 18.2 Å². The molecule has 1 atom stereocenters. The summed E-state index contributed by atoms with van der Waals surface area (Å²) in [6, 6.07) is 12.2. The van der Waals surface area contributed by atoms with Gasteiger partial charge in [0.15, 0.2) is 0 Å². The summed E-state index contributed by atoms with van der Waals surface area (Å²) in [6.07, 6.45) is 7.06. The maximum Gasteiger partial charge on any atom is 0.240 e. The molecule has 0 aliphatic rings. The first-order valence-corrected chi connectivity index (χ1v) is 9.05. The zero-order valence-electron chi connectivity index (χ0n) is 15.6. The van der Waals surface area contributed by atoms with E-state index in [9.17, 15) is 9.59 Å². The molecule has 0 heterocycles. The van der Waals surface area contributed by atoms with Crippen LogP contribution in [-0.2, 0) is 22.4 Å². The number of aliphatic imine (C=N–C) groups is 2. The van der Waals surface area contributed by atoms with Crippen molar-refractivity contribution < 1.29 is 9.59 Å². The molecular formula is C22H24N2O2. The Bertz CT molecular complexity index is 860. The number of aryl methyl sites for hydroxylation is 2.